The fraction of sp³-hybridized carbons (Fsp3) is 0.846. The molecule has 1 aromatic rings. The zero-order valence-electron chi connectivity index (χ0n) is 11.9. The molecule has 0 amide bonds. The third kappa shape index (κ3) is 4.56. The van der Waals surface area contributed by atoms with Crippen molar-refractivity contribution < 1.29 is 9.47 Å². The first-order valence-electron chi connectivity index (χ1n) is 6.91. The van der Waals surface area contributed by atoms with Gasteiger partial charge in [0.1, 0.15) is 12.2 Å². The summed E-state index contributed by atoms with van der Waals surface area (Å²) >= 11 is 0. The van der Waals surface area contributed by atoms with Gasteiger partial charge in [-0.05, 0) is 25.8 Å². The van der Waals surface area contributed by atoms with E-state index in [1.54, 1.807) is 13.4 Å². The van der Waals surface area contributed by atoms with Gasteiger partial charge in [0.25, 0.3) is 0 Å². The third-order valence-electron chi connectivity index (χ3n) is 3.47. The van der Waals surface area contributed by atoms with Gasteiger partial charge in [0, 0.05) is 26.8 Å². The van der Waals surface area contributed by atoms with E-state index in [1.165, 1.54) is 12.8 Å². The predicted octanol–water partition coefficient (Wildman–Crippen LogP) is 0.783. The molecule has 6 heteroatoms. The Hall–Kier alpha value is -0.980. The van der Waals surface area contributed by atoms with E-state index in [9.17, 15) is 0 Å². The molecular weight excluding hydrogens is 244 g/mol. The maximum absolute atomic E-state index is 5.52. The summed E-state index contributed by atoms with van der Waals surface area (Å²) in [5, 5.41) is 8.17. The van der Waals surface area contributed by atoms with E-state index in [1.807, 2.05) is 0 Å². The number of ether oxygens (including phenoxy) is 2. The Bertz CT molecular complexity index is 363. The van der Waals surface area contributed by atoms with Crippen LogP contribution in [0.25, 0.3) is 0 Å². The predicted molar refractivity (Wildman–Crippen MR) is 71.8 cm³/mol. The fourth-order valence-electron chi connectivity index (χ4n) is 2.48. The third-order valence-corrected chi connectivity index (χ3v) is 3.47. The lowest BCUT2D eigenvalue weighted by molar-refractivity contribution is 0.0407. The molecule has 1 aliphatic heterocycles. The second-order valence-corrected chi connectivity index (χ2v) is 5.21. The second kappa shape index (κ2) is 7.57. The summed E-state index contributed by atoms with van der Waals surface area (Å²) in [5.41, 5.74) is 0. The van der Waals surface area contributed by atoms with Crippen molar-refractivity contribution >= 4 is 0 Å². The minimum atomic E-state index is 0.647. The summed E-state index contributed by atoms with van der Waals surface area (Å²) in [5.74, 6) is 1.64. The van der Waals surface area contributed by atoms with Crippen LogP contribution in [0, 0.1) is 5.92 Å². The van der Waals surface area contributed by atoms with E-state index >= 15 is 0 Å². The van der Waals surface area contributed by atoms with Crippen LogP contribution in [0.1, 0.15) is 18.7 Å². The molecule has 19 heavy (non-hydrogen) atoms. The molecule has 0 aromatic carbocycles. The summed E-state index contributed by atoms with van der Waals surface area (Å²) in [6, 6.07) is 0. The second-order valence-electron chi connectivity index (χ2n) is 5.21. The Morgan fingerprint density at radius 1 is 1.58 bits per heavy atom. The Morgan fingerprint density at radius 3 is 3.21 bits per heavy atom. The Morgan fingerprint density at radius 2 is 2.47 bits per heavy atom. The number of nitrogens with zero attached hydrogens (tertiary/aromatic N) is 4. The fourth-order valence-corrected chi connectivity index (χ4v) is 2.48. The lowest BCUT2D eigenvalue weighted by Crippen LogP contribution is -2.31. The maximum atomic E-state index is 5.52. The molecule has 1 aliphatic rings. The molecule has 2 rings (SSSR count). The molecule has 1 aromatic heterocycles. The topological polar surface area (TPSA) is 52.4 Å². The van der Waals surface area contributed by atoms with Crippen molar-refractivity contribution in [1.82, 2.24) is 19.7 Å². The highest BCUT2D eigenvalue weighted by molar-refractivity contribution is 4.86. The first-order chi connectivity index (χ1) is 9.29. The van der Waals surface area contributed by atoms with Crippen LogP contribution in [0.3, 0.4) is 0 Å². The SMILES string of the molecule is COCCn1cnnc1CN(C)CC1CCCOC1. The molecule has 0 spiro atoms. The van der Waals surface area contributed by atoms with Crippen LogP contribution in [0.2, 0.25) is 0 Å². The standard InChI is InChI=1S/C13H24N4O2/c1-16(8-12-4-3-6-19-10-12)9-13-15-14-11-17(13)5-7-18-2/h11-12H,3-10H2,1-2H3. The normalized spacial score (nSPS) is 20.1. The van der Waals surface area contributed by atoms with Gasteiger partial charge in [-0.15, -0.1) is 10.2 Å². The minimum absolute atomic E-state index is 0.647. The van der Waals surface area contributed by atoms with Crippen LogP contribution < -0.4 is 0 Å². The number of hydrogen-bond acceptors (Lipinski definition) is 5. The Labute approximate surface area is 114 Å². The summed E-state index contributed by atoms with van der Waals surface area (Å²) in [6.07, 6.45) is 4.22. The highest BCUT2D eigenvalue weighted by Gasteiger charge is 2.17. The van der Waals surface area contributed by atoms with Gasteiger partial charge in [-0.2, -0.15) is 0 Å². The van der Waals surface area contributed by atoms with Gasteiger partial charge in [-0.3, -0.25) is 4.90 Å². The van der Waals surface area contributed by atoms with Gasteiger partial charge < -0.3 is 14.0 Å². The average molecular weight is 268 g/mol. The van der Waals surface area contributed by atoms with Gasteiger partial charge in [0.15, 0.2) is 0 Å². The zero-order valence-corrected chi connectivity index (χ0v) is 11.9. The summed E-state index contributed by atoms with van der Waals surface area (Å²) < 4.78 is 12.7. The molecule has 1 atom stereocenters. The minimum Gasteiger partial charge on any atom is -0.383 e. The molecule has 0 aliphatic carbocycles. The Balaban J connectivity index is 1.80. The Kier molecular flexibility index (Phi) is 5.75. The van der Waals surface area contributed by atoms with Gasteiger partial charge >= 0.3 is 0 Å². The monoisotopic (exact) mass is 268 g/mol. The van der Waals surface area contributed by atoms with E-state index < -0.39 is 0 Å². The summed E-state index contributed by atoms with van der Waals surface area (Å²) in [4.78, 5) is 2.30. The van der Waals surface area contributed by atoms with Crippen molar-refractivity contribution in [3.63, 3.8) is 0 Å². The first kappa shape index (κ1) is 14.4. The number of rotatable bonds is 7. The van der Waals surface area contributed by atoms with Crippen LogP contribution in [0.5, 0.6) is 0 Å². The molecule has 0 radical (unpaired) electrons. The van der Waals surface area contributed by atoms with E-state index in [-0.39, 0.29) is 0 Å². The van der Waals surface area contributed by atoms with Crippen molar-refractivity contribution in [2.24, 2.45) is 5.92 Å². The number of hydrogen-bond donors (Lipinski definition) is 0. The van der Waals surface area contributed by atoms with Crippen LogP contribution in [0.15, 0.2) is 6.33 Å². The zero-order chi connectivity index (χ0) is 13.5. The molecule has 1 saturated heterocycles. The smallest absolute Gasteiger partial charge is 0.147 e. The van der Waals surface area contributed by atoms with E-state index in [0.29, 0.717) is 12.5 Å². The van der Waals surface area contributed by atoms with Gasteiger partial charge in [-0.1, -0.05) is 0 Å². The molecule has 1 unspecified atom stereocenters. The molecule has 2 heterocycles. The number of aromatic nitrogens is 3. The molecule has 1 fully saturated rings. The van der Waals surface area contributed by atoms with Crippen molar-refractivity contribution in [2.45, 2.75) is 25.9 Å². The largest absolute Gasteiger partial charge is 0.383 e. The molecular formula is C13H24N4O2. The van der Waals surface area contributed by atoms with Gasteiger partial charge in [-0.25, -0.2) is 0 Å². The van der Waals surface area contributed by atoms with E-state index in [2.05, 4.69) is 26.7 Å². The maximum Gasteiger partial charge on any atom is 0.147 e. The molecule has 0 saturated carbocycles. The first-order valence-corrected chi connectivity index (χ1v) is 6.91. The number of methoxy groups -OCH3 is 1. The lowest BCUT2D eigenvalue weighted by atomic mass is 10.0. The van der Waals surface area contributed by atoms with Gasteiger partial charge in [0.2, 0.25) is 0 Å². The highest BCUT2D eigenvalue weighted by Crippen LogP contribution is 2.15. The molecule has 6 nitrogen and oxygen atoms in total. The van der Waals surface area contributed by atoms with E-state index in [4.69, 9.17) is 9.47 Å². The average Bonchev–Trinajstić information content (AvgIpc) is 2.84. The van der Waals surface area contributed by atoms with E-state index in [0.717, 1.165) is 38.7 Å². The van der Waals surface area contributed by atoms with Crippen molar-refractivity contribution in [3.05, 3.63) is 12.2 Å². The van der Waals surface area contributed by atoms with Crippen molar-refractivity contribution in [2.75, 3.05) is 40.5 Å². The summed E-state index contributed by atoms with van der Waals surface area (Å²) in [7, 11) is 3.84. The lowest BCUT2D eigenvalue weighted by Gasteiger charge is -2.26. The molecule has 0 bridgehead atoms. The van der Waals surface area contributed by atoms with Crippen molar-refractivity contribution in [1.29, 1.82) is 0 Å². The van der Waals surface area contributed by atoms with Crippen molar-refractivity contribution in [3.8, 4) is 0 Å². The van der Waals surface area contributed by atoms with Crippen LogP contribution >= 0.6 is 0 Å². The van der Waals surface area contributed by atoms with Crippen LogP contribution in [-0.2, 0) is 22.6 Å². The van der Waals surface area contributed by atoms with Gasteiger partial charge in [0.05, 0.1) is 19.8 Å². The quantitative estimate of drug-likeness (QED) is 0.731. The molecule has 108 valence electrons. The highest BCUT2D eigenvalue weighted by atomic mass is 16.5. The summed E-state index contributed by atoms with van der Waals surface area (Å²) in [6.45, 7) is 5.17. The molecule has 0 N–H and O–H groups in total. The van der Waals surface area contributed by atoms with Crippen LogP contribution in [-0.4, -0.2) is 60.2 Å². The van der Waals surface area contributed by atoms with Crippen LogP contribution in [0.4, 0.5) is 0 Å².